The maximum Gasteiger partial charge on any atom is 0.0620 e. The number of hydrogen-bond donors (Lipinski definition) is 2. The molecule has 32 heavy (non-hydrogen) atoms. The van der Waals surface area contributed by atoms with Crippen LogP contribution in [0.15, 0.2) is 47.1 Å². The zero-order chi connectivity index (χ0) is 24.4. The Morgan fingerprint density at radius 3 is 2.19 bits per heavy atom. The SMILES string of the molecule is C=C1CCC[C@]2(C)CC[C@@H](C(C)(C)O)C[C@@H]12.CC(C)=CCCC(C)=CCCC(C)=CCO. The second-order valence-electron chi connectivity index (χ2n) is 11.5. The molecule has 0 aliphatic heterocycles. The van der Waals surface area contributed by atoms with Gasteiger partial charge < -0.3 is 10.2 Å². The summed E-state index contributed by atoms with van der Waals surface area (Å²) in [4.78, 5) is 0. The van der Waals surface area contributed by atoms with E-state index in [0.29, 0.717) is 17.3 Å². The highest BCUT2D eigenvalue weighted by Crippen LogP contribution is 2.54. The fraction of sp³-hybridized carbons (Fsp3) is 0.733. The highest BCUT2D eigenvalue weighted by Gasteiger charge is 2.45. The molecule has 0 radical (unpaired) electrons. The van der Waals surface area contributed by atoms with E-state index in [1.807, 2.05) is 19.9 Å². The van der Waals surface area contributed by atoms with E-state index in [2.05, 4.69) is 53.3 Å². The maximum absolute atomic E-state index is 10.2. The molecule has 184 valence electrons. The van der Waals surface area contributed by atoms with Crippen LogP contribution in [0.5, 0.6) is 0 Å². The Hall–Kier alpha value is -1.12. The molecule has 0 heterocycles. The second kappa shape index (κ2) is 13.6. The lowest BCUT2D eigenvalue weighted by atomic mass is 9.55. The molecule has 2 saturated carbocycles. The molecule has 0 saturated heterocycles. The summed E-state index contributed by atoms with van der Waals surface area (Å²) in [6.45, 7) is 19.4. The molecule has 2 heteroatoms. The van der Waals surface area contributed by atoms with Gasteiger partial charge in [-0.25, -0.2) is 0 Å². The summed E-state index contributed by atoms with van der Waals surface area (Å²) in [7, 11) is 0. The van der Waals surface area contributed by atoms with Gasteiger partial charge in [-0.3, -0.25) is 0 Å². The van der Waals surface area contributed by atoms with Gasteiger partial charge in [-0.1, -0.05) is 54.0 Å². The van der Waals surface area contributed by atoms with Gasteiger partial charge in [0.1, 0.15) is 0 Å². The van der Waals surface area contributed by atoms with Crippen LogP contribution in [0.2, 0.25) is 0 Å². The van der Waals surface area contributed by atoms with Gasteiger partial charge in [0, 0.05) is 0 Å². The van der Waals surface area contributed by atoms with E-state index in [0.717, 1.165) is 32.1 Å². The van der Waals surface area contributed by atoms with Crippen LogP contribution < -0.4 is 0 Å². The molecule has 2 N–H and O–H groups in total. The fourth-order valence-corrected chi connectivity index (χ4v) is 5.35. The van der Waals surface area contributed by atoms with E-state index in [-0.39, 0.29) is 6.61 Å². The zero-order valence-corrected chi connectivity index (χ0v) is 22.3. The van der Waals surface area contributed by atoms with Crippen LogP contribution in [0.25, 0.3) is 0 Å². The van der Waals surface area contributed by atoms with Crippen molar-refractivity contribution in [3.63, 3.8) is 0 Å². The molecule has 2 rings (SSSR count). The van der Waals surface area contributed by atoms with E-state index in [1.54, 1.807) is 0 Å². The van der Waals surface area contributed by atoms with E-state index < -0.39 is 5.60 Å². The van der Waals surface area contributed by atoms with Crippen LogP contribution in [0.1, 0.15) is 113 Å². The molecule has 0 bridgehead atoms. The predicted molar refractivity (Wildman–Crippen MR) is 141 cm³/mol. The van der Waals surface area contributed by atoms with E-state index in [9.17, 15) is 5.11 Å². The third-order valence-electron chi connectivity index (χ3n) is 7.73. The minimum Gasteiger partial charge on any atom is -0.392 e. The van der Waals surface area contributed by atoms with Crippen LogP contribution in [-0.2, 0) is 0 Å². The second-order valence-corrected chi connectivity index (χ2v) is 11.5. The third kappa shape index (κ3) is 10.2. The minimum absolute atomic E-state index is 0.162. The molecule has 0 aromatic rings. The summed E-state index contributed by atoms with van der Waals surface area (Å²) < 4.78 is 0. The summed E-state index contributed by atoms with van der Waals surface area (Å²) >= 11 is 0. The first-order valence-corrected chi connectivity index (χ1v) is 12.8. The smallest absolute Gasteiger partial charge is 0.0620 e. The standard InChI is InChI=1S/2C15H26O/c1-11-6-5-8-15(4)9-7-12(10-13(11)15)14(2,3)16;1-13(2)7-5-8-14(3)9-6-10-15(4)11-12-16/h12-13,16H,1,5-10H2,2-4H3;7,9,11,16H,5-6,8,10,12H2,1-4H3/t12-,13+,15-;/m1./s1. The Balaban J connectivity index is 0.000000320. The molecule has 0 unspecified atom stereocenters. The lowest BCUT2D eigenvalue weighted by Gasteiger charge is -2.50. The summed E-state index contributed by atoms with van der Waals surface area (Å²) in [5.41, 5.74) is 5.55. The molecule has 0 aromatic carbocycles. The molecular weight excluding hydrogens is 392 g/mol. The highest BCUT2D eigenvalue weighted by molar-refractivity contribution is 5.13. The van der Waals surface area contributed by atoms with E-state index in [1.165, 1.54) is 54.4 Å². The summed E-state index contributed by atoms with van der Waals surface area (Å²) in [6, 6.07) is 0. The summed E-state index contributed by atoms with van der Waals surface area (Å²) in [5.74, 6) is 1.12. The maximum atomic E-state index is 10.2. The van der Waals surface area contributed by atoms with E-state index in [4.69, 9.17) is 5.11 Å². The van der Waals surface area contributed by atoms with Crippen LogP contribution >= 0.6 is 0 Å². The quantitative estimate of drug-likeness (QED) is 0.369. The summed E-state index contributed by atoms with van der Waals surface area (Å²) in [5, 5.41) is 18.9. The Labute approximate surface area is 199 Å². The van der Waals surface area contributed by atoms with Crippen molar-refractivity contribution in [2.75, 3.05) is 6.61 Å². The largest absolute Gasteiger partial charge is 0.392 e. The Bertz CT molecular complexity index is 669. The molecule has 0 spiro atoms. The lowest BCUT2D eigenvalue weighted by Crippen LogP contribution is -2.43. The Kier molecular flexibility index (Phi) is 12.2. The first kappa shape index (κ1) is 28.9. The zero-order valence-electron chi connectivity index (χ0n) is 22.3. The topological polar surface area (TPSA) is 40.5 Å². The first-order chi connectivity index (χ1) is 14.9. The van der Waals surface area contributed by atoms with Gasteiger partial charge in [0.25, 0.3) is 0 Å². The number of rotatable bonds is 8. The van der Waals surface area contributed by atoms with Crippen molar-refractivity contribution in [3.8, 4) is 0 Å². The number of fused-ring (bicyclic) bond motifs is 1. The number of aliphatic hydroxyl groups excluding tert-OH is 1. The van der Waals surface area contributed by atoms with Crippen LogP contribution in [0.3, 0.4) is 0 Å². The van der Waals surface area contributed by atoms with Crippen molar-refractivity contribution in [1.29, 1.82) is 0 Å². The minimum atomic E-state index is -0.515. The third-order valence-corrected chi connectivity index (χ3v) is 7.73. The molecule has 2 nitrogen and oxygen atoms in total. The number of hydrogen-bond acceptors (Lipinski definition) is 2. The molecule has 2 aliphatic rings. The highest BCUT2D eigenvalue weighted by atomic mass is 16.3. The average Bonchev–Trinajstić information content (AvgIpc) is 2.67. The monoisotopic (exact) mass is 444 g/mol. The molecular formula is C30H52O2. The Morgan fingerprint density at radius 2 is 1.62 bits per heavy atom. The van der Waals surface area contributed by atoms with Crippen molar-refractivity contribution >= 4 is 0 Å². The molecule has 2 fully saturated rings. The number of aliphatic hydroxyl groups is 2. The van der Waals surface area contributed by atoms with E-state index >= 15 is 0 Å². The van der Waals surface area contributed by atoms with Crippen LogP contribution in [0.4, 0.5) is 0 Å². The van der Waals surface area contributed by atoms with Crippen molar-refractivity contribution in [3.05, 3.63) is 47.1 Å². The predicted octanol–water partition coefficient (Wildman–Crippen LogP) is 8.32. The molecule has 0 amide bonds. The van der Waals surface area contributed by atoms with Gasteiger partial charge in [-0.05, 0) is 123 Å². The van der Waals surface area contributed by atoms with Gasteiger partial charge in [-0.15, -0.1) is 0 Å². The van der Waals surface area contributed by atoms with Crippen molar-refractivity contribution in [2.24, 2.45) is 17.3 Å². The van der Waals surface area contributed by atoms with Crippen molar-refractivity contribution in [2.45, 2.75) is 118 Å². The number of allylic oxidation sites excluding steroid dienone is 6. The Morgan fingerprint density at radius 1 is 1.03 bits per heavy atom. The fourth-order valence-electron chi connectivity index (χ4n) is 5.35. The molecule has 2 aliphatic carbocycles. The van der Waals surface area contributed by atoms with Crippen LogP contribution in [-0.4, -0.2) is 22.4 Å². The van der Waals surface area contributed by atoms with Crippen molar-refractivity contribution in [1.82, 2.24) is 0 Å². The molecule has 0 aromatic heterocycles. The van der Waals surface area contributed by atoms with Gasteiger partial charge in [0.05, 0.1) is 12.2 Å². The van der Waals surface area contributed by atoms with Gasteiger partial charge in [0.2, 0.25) is 0 Å². The van der Waals surface area contributed by atoms with Gasteiger partial charge in [0.15, 0.2) is 0 Å². The van der Waals surface area contributed by atoms with Gasteiger partial charge in [-0.2, -0.15) is 0 Å². The van der Waals surface area contributed by atoms with Crippen molar-refractivity contribution < 1.29 is 10.2 Å². The normalized spacial score (nSPS) is 26.7. The van der Waals surface area contributed by atoms with Gasteiger partial charge >= 0.3 is 0 Å². The first-order valence-electron chi connectivity index (χ1n) is 12.8. The average molecular weight is 445 g/mol. The summed E-state index contributed by atoms with van der Waals surface area (Å²) in [6.07, 6.45) is 18.4. The van der Waals surface area contributed by atoms with Crippen LogP contribution in [0, 0.1) is 17.3 Å². The lowest BCUT2D eigenvalue weighted by molar-refractivity contribution is -0.0406. The molecule has 3 atom stereocenters.